The molecule has 0 spiro atoms. The van der Waals surface area contributed by atoms with Crippen LogP contribution in [0.3, 0.4) is 0 Å². The highest BCUT2D eigenvalue weighted by atomic mass is 32.2. The minimum Gasteiger partial charge on any atom is -0.478 e. The molecular weight excluding hydrogens is 316 g/mol. The first-order chi connectivity index (χ1) is 9.78. The smallest absolute Gasteiger partial charge is 0.339 e. The summed E-state index contributed by atoms with van der Waals surface area (Å²) in [7, 11) is -4.71. The third kappa shape index (κ3) is 3.92. The molecule has 0 aliphatic carbocycles. The van der Waals surface area contributed by atoms with Crippen LogP contribution in [0.5, 0.6) is 0 Å². The van der Waals surface area contributed by atoms with E-state index in [1.54, 1.807) is 24.3 Å². The van der Waals surface area contributed by atoms with E-state index in [1.807, 2.05) is 0 Å². The van der Waals surface area contributed by atoms with Gasteiger partial charge in [0.25, 0.3) is 0 Å². The second-order valence-corrected chi connectivity index (χ2v) is 8.46. The second kappa shape index (κ2) is 5.98. The Morgan fingerprint density at radius 3 is 2.62 bits per heavy atom. The summed E-state index contributed by atoms with van der Waals surface area (Å²) >= 11 is 0. The lowest BCUT2D eigenvalue weighted by Crippen LogP contribution is -2.13. The van der Waals surface area contributed by atoms with E-state index in [1.165, 1.54) is 0 Å². The van der Waals surface area contributed by atoms with Crippen molar-refractivity contribution in [3.8, 4) is 0 Å². The molecule has 6 nitrogen and oxygen atoms in total. The Kier molecular flexibility index (Phi) is 4.48. The number of para-hydroxylation sites is 1. The predicted molar refractivity (Wildman–Crippen MR) is 79.6 cm³/mol. The van der Waals surface area contributed by atoms with Crippen molar-refractivity contribution >= 4 is 37.6 Å². The van der Waals surface area contributed by atoms with Gasteiger partial charge in [-0.1, -0.05) is 18.2 Å². The molecule has 0 saturated heterocycles. The van der Waals surface area contributed by atoms with E-state index >= 15 is 0 Å². The fourth-order valence-electron chi connectivity index (χ4n) is 1.89. The number of hydrogen-bond acceptors (Lipinski definition) is 5. The summed E-state index contributed by atoms with van der Waals surface area (Å²) < 4.78 is 39.4. The molecule has 0 radical (unpaired) electrons. The molecule has 0 bridgehead atoms. The van der Waals surface area contributed by atoms with Crippen LogP contribution in [0.2, 0.25) is 0 Å². The first-order valence-electron chi connectivity index (χ1n) is 6.04. The van der Waals surface area contributed by atoms with Gasteiger partial charge in [0.1, 0.15) is 26.7 Å². The number of carboxylic acid groups (broad SMARTS) is 1. The summed E-state index contributed by atoms with van der Waals surface area (Å²) in [5.74, 6) is -1.42. The standard InChI is InChI=1S/C13H14O6S2/c1-21(17,18)7-6-20(16)8-11-12(13(14)15)9-4-2-3-5-10(9)19-11/h2-5H,6-8H2,1H3,(H,14,15). The largest absolute Gasteiger partial charge is 0.478 e. The Bertz CT molecular complexity index is 803. The molecule has 1 heterocycles. The minimum atomic E-state index is -3.20. The fourth-order valence-corrected chi connectivity index (χ4v) is 4.49. The number of hydrogen-bond donors (Lipinski definition) is 1. The van der Waals surface area contributed by atoms with Gasteiger partial charge in [-0.25, -0.2) is 13.2 Å². The van der Waals surface area contributed by atoms with Crippen molar-refractivity contribution in [3.05, 3.63) is 35.6 Å². The third-order valence-electron chi connectivity index (χ3n) is 2.86. The summed E-state index contributed by atoms with van der Waals surface area (Å²) in [6, 6.07) is 6.65. The van der Waals surface area contributed by atoms with Crippen LogP contribution in [0, 0.1) is 0 Å². The number of fused-ring (bicyclic) bond motifs is 1. The van der Waals surface area contributed by atoms with Gasteiger partial charge in [-0.05, 0) is 6.07 Å². The Labute approximate surface area is 124 Å². The second-order valence-electron chi connectivity index (χ2n) is 4.62. The van der Waals surface area contributed by atoms with Crippen LogP contribution in [-0.4, -0.2) is 41.5 Å². The van der Waals surface area contributed by atoms with Crippen molar-refractivity contribution in [2.45, 2.75) is 5.75 Å². The number of carboxylic acids is 1. The van der Waals surface area contributed by atoms with Gasteiger partial charge in [0.05, 0.1) is 11.5 Å². The van der Waals surface area contributed by atoms with Gasteiger partial charge in [-0.2, -0.15) is 0 Å². The van der Waals surface area contributed by atoms with Gasteiger partial charge >= 0.3 is 5.97 Å². The molecule has 0 saturated carbocycles. The Hall–Kier alpha value is -1.67. The maximum absolute atomic E-state index is 11.9. The maximum Gasteiger partial charge on any atom is 0.339 e. The van der Waals surface area contributed by atoms with Crippen LogP contribution in [0.4, 0.5) is 0 Å². The molecule has 8 heteroatoms. The van der Waals surface area contributed by atoms with Crippen molar-refractivity contribution in [2.75, 3.05) is 17.8 Å². The summed E-state index contributed by atoms with van der Waals surface area (Å²) in [4.78, 5) is 11.3. The Morgan fingerprint density at radius 1 is 1.33 bits per heavy atom. The van der Waals surface area contributed by atoms with E-state index in [2.05, 4.69) is 0 Å². The van der Waals surface area contributed by atoms with Crippen molar-refractivity contribution in [3.63, 3.8) is 0 Å². The molecule has 1 aromatic heterocycles. The molecule has 1 unspecified atom stereocenters. The van der Waals surface area contributed by atoms with Crippen molar-refractivity contribution in [1.29, 1.82) is 0 Å². The zero-order chi connectivity index (χ0) is 15.6. The highest BCUT2D eigenvalue weighted by Gasteiger charge is 2.21. The van der Waals surface area contributed by atoms with Crippen LogP contribution in [0.15, 0.2) is 28.7 Å². The van der Waals surface area contributed by atoms with E-state index in [9.17, 15) is 22.5 Å². The molecule has 1 N–H and O–H groups in total. The van der Waals surface area contributed by atoms with Crippen LogP contribution in [0.25, 0.3) is 11.0 Å². The molecule has 0 fully saturated rings. The van der Waals surface area contributed by atoms with Crippen LogP contribution in [-0.2, 0) is 26.4 Å². The zero-order valence-electron chi connectivity index (χ0n) is 11.2. The van der Waals surface area contributed by atoms with E-state index in [0.29, 0.717) is 11.0 Å². The lowest BCUT2D eigenvalue weighted by molar-refractivity contribution is 0.0696. The molecule has 0 aliphatic heterocycles. The number of benzene rings is 1. The van der Waals surface area contributed by atoms with Crippen molar-refractivity contribution in [2.24, 2.45) is 0 Å². The monoisotopic (exact) mass is 330 g/mol. The molecule has 2 aromatic rings. The molecule has 114 valence electrons. The van der Waals surface area contributed by atoms with Gasteiger partial charge in [-0.3, -0.25) is 4.21 Å². The molecule has 0 amide bonds. The summed E-state index contributed by atoms with van der Waals surface area (Å²) in [6.07, 6.45) is 1.06. The molecule has 1 aromatic carbocycles. The normalized spacial score (nSPS) is 13.4. The number of carbonyl (C=O) groups is 1. The van der Waals surface area contributed by atoms with E-state index in [4.69, 9.17) is 4.42 Å². The SMILES string of the molecule is CS(=O)(=O)CCS(=O)Cc1oc2ccccc2c1C(=O)O. The lowest BCUT2D eigenvalue weighted by Gasteiger charge is -2.00. The molecule has 21 heavy (non-hydrogen) atoms. The summed E-state index contributed by atoms with van der Waals surface area (Å²) in [5, 5.41) is 9.71. The quantitative estimate of drug-likeness (QED) is 0.859. The predicted octanol–water partition coefficient (Wildman–Crippen LogP) is 1.42. The highest BCUT2D eigenvalue weighted by Crippen LogP contribution is 2.26. The number of sulfone groups is 1. The maximum atomic E-state index is 11.9. The van der Waals surface area contributed by atoms with Crippen molar-refractivity contribution < 1.29 is 26.9 Å². The van der Waals surface area contributed by atoms with Crippen molar-refractivity contribution in [1.82, 2.24) is 0 Å². The van der Waals surface area contributed by atoms with E-state index in [-0.39, 0.29) is 28.6 Å². The third-order valence-corrected chi connectivity index (χ3v) is 5.30. The summed E-state index contributed by atoms with van der Waals surface area (Å²) in [6.45, 7) is 0. The van der Waals surface area contributed by atoms with E-state index in [0.717, 1.165) is 6.26 Å². The van der Waals surface area contributed by atoms with Crippen LogP contribution in [0.1, 0.15) is 16.1 Å². The molecule has 0 aliphatic rings. The fraction of sp³-hybridized carbons (Fsp3) is 0.308. The topological polar surface area (TPSA) is 102 Å². The first-order valence-corrected chi connectivity index (χ1v) is 9.59. The van der Waals surface area contributed by atoms with Crippen LogP contribution < -0.4 is 0 Å². The van der Waals surface area contributed by atoms with Gasteiger partial charge in [0, 0.05) is 28.2 Å². The Balaban J connectivity index is 2.28. The lowest BCUT2D eigenvalue weighted by atomic mass is 10.1. The average molecular weight is 330 g/mol. The average Bonchev–Trinajstić information content (AvgIpc) is 2.73. The summed E-state index contributed by atoms with van der Waals surface area (Å²) in [5.41, 5.74) is 0.392. The minimum absolute atomic E-state index is 0.0155. The first kappa shape index (κ1) is 15.7. The van der Waals surface area contributed by atoms with Gasteiger partial charge < -0.3 is 9.52 Å². The molecule has 2 rings (SSSR count). The number of furan rings is 1. The molecule has 1 atom stereocenters. The highest BCUT2D eigenvalue weighted by molar-refractivity contribution is 7.92. The Morgan fingerprint density at radius 2 is 2.00 bits per heavy atom. The zero-order valence-corrected chi connectivity index (χ0v) is 12.9. The van der Waals surface area contributed by atoms with E-state index < -0.39 is 26.6 Å². The molecular formula is C13H14O6S2. The van der Waals surface area contributed by atoms with Gasteiger partial charge in [-0.15, -0.1) is 0 Å². The number of aromatic carboxylic acids is 1. The van der Waals surface area contributed by atoms with Gasteiger partial charge in [0.15, 0.2) is 0 Å². The van der Waals surface area contributed by atoms with Gasteiger partial charge in [0.2, 0.25) is 0 Å². The van der Waals surface area contributed by atoms with Crippen LogP contribution >= 0.6 is 0 Å². The number of rotatable bonds is 6.